The van der Waals surface area contributed by atoms with Crippen LogP contribution in [-0.4, -0.2) is 31.1 Å². The molecule has 0 radical (unpaired) electrons. The molecule has 0 fully saturated rings. The minimum atomic E-state index is -0.383. The summed E-state index contributed by atoms with van der Waals surface area (Å²) in [6.45, 7) is 2.90. The van der Waals surface area contributed by atoms with Gasteiger partial charge in [-0.1, -0.05) is 18.6 Å². The van der Waals surface area contributed by atoms with Gasteiger partial charge in [-0.05, 0) is 30.7 Å². The number of hydrazine groups is 1. The molecule has 0 unspecified atom stereocenters. The Hall–Kier alpha value is -2.15. The third kappa shape index (κ3) is 6.14. The largest absolute Gasteiger partial charge is 0.484 e. The number of hydrogen-bond donors (Lipinski definition) is 2. The molecule has 0 heterocycles. The van der Waals surface area contributed by atoms with E-state index in [9.17, 15) is 4.79 Å². The summed E-state index contributed by atoms with van der Waals surface area (Å²) < 4.78 is 5.22. The van der Waals surface area contributed by atoms with Crippen LogP contribution in [0.5, 0.6) is 5.75 Å². The average molecular weight is 279 g/mol. The smallest absolute Gasteiger partial charge is 0.271 e. The van der Waals surface area contributed by atoms with E-state index in [1.54, 1.807) is 29.3 Å². The van der Waals surface area contributed by atoms with Crippen molar-refractivity contribution in [2.75, 3.05) is 20.2 Å². The molecule has 1 rings (SSSR count). The zero-order valence-electron chi connectivity index (χ0n) is 11.9. The summed E-state index contributed by atoms with van der Waals surface area (Å²) >= 11 is 0. The van der Waals surface area contributed by atoms with Crippen LogP contribution in [0.15, 0.2) is 34.6 Å². The van der Waals surface area contributed by atoms with Gasteiger partial charge in [-0.3, -0.25) is 15.2 Å². The van der Waals surface area contributed by atoms with E-state index in [0.717, 1.165) is 25.1 Å². The number of carbonyl (C=O) groups excluding carboxylic acids is 1. The molecular formula is C13H21N5O2. The lowest BCUT2D eigenvalue weighted by molar-refractivity contribution is -0.123. The molecule has 0 saturated heterocycles. The lowest BCUT2D eigenvalue weighted by Gasteiger charge is -2.09. The Morgan fingerprint density at radius 3 is 2.70 bits per heavy atom. The number of amides is 1. The monoisotopic (exact) mass is 279 g/mol. The number of rotatable bonds is 8. The Balaban J connectivity index is 2.45. The maximum Gasteiger partial charge on any atom is 0.271 e. The first-order valence-corrected chi connectivity index (χ1v) is 6.50. The molecule has 0 aliphatic rings. The summed E-state index contributed by atoms with van der Waals surface area (Å²) in [4.78, 5) is 10.9. The molecule has 1 aromatic rings. The quantitative estimate of drug-likeness (QED) is 0.328. The number of nitrogens with one attached hydrogen (secondary N) is 1. The van der Waals surface area contributed by atoms with Crippen molar-refractivity contribution >= 4 is 11.6 Å². The van der Waals surface area contributed by atoms with Gasteiger partial charge < -0.3 is 4.74 Å². The van der Waals surface area contributed by atoms with Crippen LogP contribution in [0, 0.1) is 0 Å². The Morgan fingerprint density at radius 1 is 1.40 bits per heavy atom. The highest BCUT2D eigenvalue weighted by Crippen LogP contribution is 2.18. The van der Waals surface area contributed by atoms with E-state index in [2.05, 4.69) is 17.3 Å². The molecule has 0 atom stereocenters. The number of unbranched alkanes of at least 4 members (excludes halogenated alkanes) is 1. The van der Waals surface area contributed by atoms with Crippen molar-refractivity contribution in [1.82, 2.24) is 10.4 Å². The van der Waals surface area contributed by atoms with Crippen molar-refractivity contribution < 1.29 is 9.53 Å². The van der Waals surface area contributed by atoms with Gasteiger partial charge in [-0.15, -0.1) is 5.11 Å². The Morgan fingerprint density at radius 2 is 2.10 bits per heavy atom. The summed E-state index contributed by atoms with van der Waals surface area (Å²) in [5, 5.41) is 10.00. The number of nitrogens with two attached hydrogens (primary N) is 1. The number of benzene rings is 1. The minimum absolute atomic E-state index is 0.114. The molecule has 1 aromatic carbocycles. The molecule has 7 heteroatoms. The summed E-state index contributed by atoms with van der Waals surface area (Å²) in [5.41, 5.74) is 2.72. The first-order valence-electron chi connectivity index (χ1n) is 6.50. The molecule has 1 amide bonds. The Bertz CT molecular complexity index is 433. The fourth-order valence-electron chi connectivity index (χ4n) is 1.36. The van der Waals surface area contributed by atoms with Crippen molar-refractivity contribution in [1.29, 1.82) is 0 Å². The van der Waals surface area contributed by atoms with E-state index < -0.39 is 0 Å². The molecule has 0 saturated carbocycles. The van der Waals surface area contributed by atoms with Crippen molar-refractivity contribution in [2.45, 2.75) is 19.8 Å². The van der Waals surface area contributed by atoms with E-state index in [4.69, 9.17) is 10.6 Å². The third-order valence-electron chi connectivity index (χ3n) is 2.52. The van der Waals surface area contributed by atoms with Crippen LogP contribution in [0.4, 0.5) is 5.69 Å². The number of hydrogen-bond acceptors (Lipinski definition) is 5. The third-order valence-corrected chi connectivity index (χ3v) is 2.52. The molecule has 0 aliphatic carbocycles. The van der Waals surface area contributed by atoms with Gasteiger partial charge in [0, 0.05) is 13.6 Å². The van der Waals surface area contributed by atoms with Crippen LogP contribution in [0.25, 0.3) is 0 Å². The van der Waals surface area contributed by atoms with Gasteiger partial charge in [0.05, 0.1) is 5.69 Å². The van der Waals surface area contributed by atoms with Crippen molar-refractivity contribution in [3.05, 3.63) is 24.3 Å². The van der Waals surface area contributed by atoms with Gasteiger partial charge >= 0.3 is 0 Å². The standard InChI is InChI=1S/C13H21N5O2/c1-3-4-9-18(2)17-16-11-5-7-12(8-6-11)20-10-13(19)15-14/h5-8H,3-4,9-10,14H2,1-2H3,(H,15,19). The first kappa shape index (κ1) is 15.9. The number of carbonyl (C=O) groups is 1. The fourth-order valence-corrected chi connectivity index (χ4v) is 1.36. The van der Waals surface area contributed by atoms with Gasteiger partial charge in [-0.25, -0.2) is 5.84 Å². The van der Waals surface area contributed by atoms with Crippen molar-refractivity contribution in [2.24, 2.45) is 16.2 Å². The highest BCUT2D eigenvalue weighted by molar-refractivity contribution is 5.76. The van der Waals surface area contributed by atoms with Crippen LogP contribution in [0.1, 0.15) is 19.8 Å². The Labute approximate surface area is 118 Å². The van der Waals surface area contributed by atoms with E-state index in [1.165, 1.54) is 0 Å². The zero-order chi connectivity index (χ0) is 14.8. The summed E-state index contributed by atoms with van der Waals surface area (Å²) in [5.74, 6) is 5.14. The lowest BCUT2D eigenvalue weighted by atomic mass is 10.3. The van der Waals surface area contributed by atoms with Gasteiger partial charge in [0.1, 0.15) is 5.75 Å². The second-order valence-electron chi connectivity index (χ2n) is 4.27. The van der Waals surface area contributed by atoms with Crippen LogP contribution in [0.2, 0.25) is 0 Å². The van der Waals surface area contributed by atoms with Gasteiger partial charge in [0.25, 0.3) is 5.91 Å². The summed E-state index contributed by atoms with van der Waals surface area (Å²) in [6, 6.07) is 6.99. The normalized spacial score (nSPS) is 10.6. The minimum Gasteiger partial charge on any atom is -0.484 e. The lowest BCUT2D eigenvalue weighted by Crippen LogP contribution is -2.34. The second-order valence-corrected chi connectivity index (χ2v) is 4.27. The fraction of sp³-hybridized carbons (Fsp3) is 0.462. The summed E-state index contributed by atoms with van der Waals surface area (Å²) in [6.07, 6.45) is 2.22. The molecule has 0 bridgehead atoms. The van der Waals surface area contributed by atoms with Crippen LogP contribution >= 0.6 is 0 Å². The molecule has 0 aliphatic heterocycles. The highest BCUT2D eigenvalue weighted by Gasteiger charge is 2.00. The molecule has 3 N–H and O–H groups in total. The topological polar surface area (TPSA) is 92.3 Å². The number of ether oxygens (including phenoxy) is 1. The maximum atomic E-state index is 10.9. The molecule has 0 spiro atoms. The molecular weight excluding hydrogens is 258 g/mol. The first-order chi connectivity index (χ1) is 9.65. The van der Waals surface area contributed by atoms with E-state index >= 15 is 0 Å². The molecule has 20 heavy (non-hydrogen) atoms. The van der Waals surface area contributed by atoms with E-state index in [-0.39, 0.29) is 12.5 Å². The van der Waals surface area contributed by atoms with Crippen LogP contribution < -0.4 is 16.0 Å². The van der Waals surface area contributed by atoms with Gasteiger partial charge in [0.15, 0.2) is 6.61 Å². The van der Waals surface area contributed by atoms with E-state index in [1.807, 2.05) is 12.5 Å². The van der Waals surface area contributed by atoms with Crippen molar-refractivity contribution in [3.63, 3.8) is 0 Å². The molecule has 7 nitrogen and oxygen atoms in total. The molecule has 0 aromatic heterocycles. The number of nitrogens with zero attached hydrogens (tertiary/aromatic N) is 3. The van der Waals surface area contributed by atoms with E-state index in [0.29, 0.717) is 5.75 Å². The second kappa shape index (κ2) is 8.87. The predicted molar refractivity (Wildman–Crippen MR) is 76.3 cm³/mol. The Kier molecular flexibility index (Phi) is 7.05. The SMILES string of the molecule is CCCCN(C)N=Nc1ccc(OCC(=O)NN)cc1. The molecule has 110 valence electrons. The highest BCUT2D eigenvalue weighted by atomic mass is 16.5. The zero-order valence-corrected chi connectivity index (χ0v) is 11.9. The van der Waals surface area contributed by atoms with Crippen LogP contribution in [-0.2, 0) is 4.79 Å². The van der Waals surface area contributed by atoms with Crippen LogP contribution in [0.3, 0.4) is 0 Å². The van der Waals surface area contributed by atoms with Gasteiger partial charge in [0.2, 0.25) is 0 Å². The van der Waals surface area contributed by atoms with Gasteiger partial charge in [-0.2, -0.15) is 0 Å². The summed E-state index contributed by atoms with van der Waals surface area (Å²) in [7, 11) is 1.89. The van der Waals surface area contributed by atoms with Crippen molar-refractivity contribution in [3.8, 4) is 5.75 Å². The average Bonchev–Trinajstić information content (AvgIpc) is 2.49. The maximum absolute atomic E-state index is 10.9. The predicted octanol–water partition coefficient (Wildman–Crippen LogP) is 1.79.